The molecule has 2 aromatic rings. The van der Waals surface area contributed by atoms with Crippen molar-refractivity contribution >= 4 is 47.7 Å². The minimum Gasteiger partial charge on any atom is -0.453 e. The van der Waals surface area contributed by atoms with Crippen LogP contribution >= 0.6 is 0 Å². The van der Waals surface area contributed by atoms with Crippen molar-refractivity contribution in [3.05, 3.63) is 23.5 Å². The smallest absolute Gasteiger partial charge is 0.417 e. The van der Waals surface area contributed by atoms with Gasteiger partial charge in [0.2, 0.25) is 29.8 Å². The topological polar surface area (TPSA) is 317 Å². The van der Waals surface area contributed by atoms with Gasteiger partial charge in [-0.1, -0.05) is 45.9 Å². The van der Waals surface area contributed by atoms with Gasteiger partial charge in [-0.05, 0) is 16.4 Å². The quantitative estimate of drug-likeness (QED) is 0.0272. The third-order valence-electron chi connectivity index (χ3n) is 6.99. The Morgan fingerprint density at radius 1 is 1.02 bits per heavy atom. The molecular weight excluding hydrogens is 592 g/mol. The summed E-state index contributed by atoms with van der Waals surface area (Å²) in [6.07, 6.45) is 3.29. The number of nitrogens with one attached hydrogen (secondary N) is 6. The number of allylic oxidation sites excluding steroid dienone is 1. The summed E-state index contributed by atoms with van der Waals surface area (Å²) in [5.41, 5.74) is 30.5. The highest BCUT2D eigenvalue weighted by Gasteiger charge is 2.46. The fraction of sp³-hybridized carbons (Fsp3) is 0.478. The Morgan fingerprint density at radius 3 is 2.20 bits per heavy atom. The number of anilines is 2. The molecule has 22 heteroatoms. The summed E-state index contributed by atoms with van der Waals surface area (Å²) in [4.78, 5) is 40.0. The maximum Gasteiger partial charge on any atom is 0.417 e. The molecular formula is C23H38N18O4. The summed E-state index contributed by atoms with van der Waals surface area (Å²) in [6, 6.07) is 0. The predicted octanol–water partition coefficient (Wildman–Crippen LogP) is -0.481. The number of hydrogen-bond acceptors (Lipinski definition) is 15. The van der Waals surface area contributed by atoms with Crippen molar-refractivity contribution in [3.63, 3.8) is 0 Å². The number of hydrazine groups is 2. The Balaban J connectivity index is 1.42. The Bertz CT molecular complexity index is 1500. The molecule has 12 N–H and O–H groups in total. The van der Waals surface area contributed by atoms with Crippen LogP contribution in [0.3, 0.4) is 0 Å². The van der Waals surface area contributed by atoms with Crippen LogP contribution in [0.15, 0.2) is 38.8 Å². The molecule has 0 aromatic carbocycles. The molecule has 45 heavy (non-hydrogen) atoms. The van der Waals surface area contributed by atoms with Gasteiger partial charge in [-0.25, -0.2) is 19.8 Å². The van der Waals surface area contributed by atoms with Crippen molar-refractivity contribution in [2.45, 2.75) is 34.6 Å². The van der Waals surface area contributed by atoms with Crippen molar-refractivity contribution in [1.29, 1.82) is 5.53 Å². The molecule has 244 valence electrons. The number of aromatic amines is 2. The zero-order chi connectivity index (χ0) is 33.4. The number of carbonyl (C=O) groups excluding carboxylic acids is 2. The number of aliphatic imine (C=N–C) groups is 2. The van der Waals surface area contributed by atoms with Crippen molar-refractivity contribution in [2.75, 3.05) is 37.2 Å². The van der Waals surface area contributed by atoms with E-state index in [1.54, 1.807) is 12.1 Å². The Kier molecular flexibility index (Phi) is 10.6. The van der Waals surface area contributed by atoms with Gasteiger partial charge < -0.3 is 32.0 Å². The van der Waals surface area contributed by atoms with E-state index in [1.807, 2.05) is 26.8 Å². The van der Waals surface area contributed by atoms with E-state index in [1.165, 1.54) is 6.20 Å². The van der Waals surface area contributed by atoms with Crippen molar-refractivity contribution in [3.8, 4) is 0 Å². The third kappa shape index (κ3) is 8.62. The fourth-order valence-corrected chi connectivity index (χ4v) is 3.54. The number of esters is 2. The highest BCUT2D eigenvalue weighted by atomic mass is 16.6. The standard InChI is InChI=1S/C23H38N18O4/c1-7-40(6)41(39-27)21-32-20(37-38-21)30-17(26)34-33-16(25)29-19-31-18(35-36-19)28-9-13(24)11-45-15(43)14(42)44-10-12-8-22(2,3)23(12,4)5/h8-9,27H,7,10-11,24H2,1-6H3,(H4,26,30,32,34,37,38)(H5,25,28,29,31,33,35,36)/b13-9-,39-27?. The first kappa shape index (κ1) is 33.7. The number of nitrogens with zero attached hydrogens (tertiary/aromatic N) is 9. The van der Waals surface area contributed by atoms with Crippen LogP contribution in [0.4, 0.5) is 23.8 Å². The number of hydrogen-bond donors (Lipinski definition) is 9. The molecule has 3 rings (SSSR count). The predicted molar refractivity (Wildman–Crippen MR) is 161 cm³/mol. The van der Waals surface area contributed by atoms with Crippen LogP contribution in [-0.2, 0) is 19.1 Å². The number of aromatic nitrogens is 6. The van der Waals surface area contributed by atoms with E-state index in [0.717, 1.165) is 10.7 Å². The van der Waals surface area contributed by atoms with Crippen molar-refractivity contribution in [2.24, 2.45) is 43.2 Å². The van der Waals surface area contributed by atoms with Crippen LogP contribution in [0.5, 0.6) is 0 Å². The van der Waals surface area contributed by atoms with Crippen molar-refractivity contribution in [1.82, 2.24) is 46.2 Å². The van der Waals surface area contributed by atoms with E-state index in [4.69, 9.17) is 32.2 Å². The highest BCUT2D eigenvalue weighted by Crippen LogP contribution is 2.54. The van der Waals surface area contributed by atoms with Gasteiger partial charge in [0.15, 0.2) is 0 Å². The van der Waals surface area contributed by atoms with Crippen LogP contribution < -0.4 is 38.5 Å². The molecule has 0 atom stereocenters. The monoisotopic (exact) mass is 630 g/mol. The molecule has 0 amide bonds. The molecule has 2 aromatic heterocycles. The normalized spacial score (nSPS) is 15.9. The van der Waals surface area contributed by atoms with E-state index in [2.05, 4.69) is 75.6 Å². The van der Waals surface area contributed by atoms with Gasteiger partial charge in [0.1, 0.15) is 13.2 Å². The SMILES string of the molecule is CCN(C)N(N=N)c1n[nH]c(/N=C(/N)NN/C(N)=N/c2nc(N/C=C(\N)COC(=O)C(=O)OCC3=CC(C)(C)C3(C)C)n[nH]2)n1. The molecule has 22 nitrogen and oxygen atoms in total. The lowest BCUT2D eigenvalue weighted by Crippen LogP contribution is -2.48. The van der Waals surface area contributed by atoms with E-state index in [-0.39, 0.29) is 65.5 Å². The van der Waals surface area contributed by atoms with Gasteiger partial charge >= 0.3 is 11.9 Å². The van der Waals surface area contributed by atoms with Gasteiger partial charge in [-0.2, -0.15) is 30.5 Å². The summed E-state index contributed by atoms with van der Waals surface area (Å²) in [5, 5.41) is 21.7. The third-order valence-corrected chi connectivity index (χ3v) is 6.99. The van der Waals surface area contributed by atoms with Gasteiger partial charge in [-0.15, -0.1) is 15.3 Å². The lowest BCUT2D eigenvalue weighted by Gasteiger charge is -2.50. The highest BCUT2D eigenvalue weighted by molar-refractivity contribution is 6.29. The largest absolute Gasteiger partial charge is 0.453 e. The summed E-state index contributed by atoms with van der Waals surface area (Å²) in [7, 11) is 1.71. The zero-order valence-electron chi connectivity index (χ0n) is 25.7. The second-order valence-electron chi connectivity index (χ2n) is 10.6. The first-order valence-electron chi connectivity index (χ1n) is 13.4. The minimum atomic E-state index is -1.17. The lowest BCUT2D eigenvalue weighted by molar-refractivity contribution is -0.166. The lowest BCUT2D eigenvalue weighted by atomic mass is 9.55. The molecule has 0 spiro atoms. The van der Waals surface area contributed by atoms with Crippen LogP contribution in [0.25, 0.3) is 0 Å². The Labute approximate surface area is 257 Å². The van der Waals surface area contributed by atoms with E-state index in [9.17, 15) is 9.59 Å². The molecule has 0 radical (unpaired) electrons. The minimum absolute atomic E-state index is 0.00764. The van der Waals surface area contributed by atoms with Gasteiger partial charge in [0, 0.05) is 19.8 Å². The average Bonchev–Trinajstić information content (AvgIpc) is 3.65. The number of nitrogens with two attached hydrogens (primary N) is 3. The van der Waals surface area contributed by atoms with E-state index in [0.29, 0.717) is 6.54 Å². The molecule has 0 saturated heterocycles. The molecule has 0 aliphatic heterocycles. The van der Waals surface area contributed by atoms with E-state index < -0.39 is 11.9 Å². The van der Waals surface area contributed by atoms with Crippen LogP contribution in [0, 0.1) is 16.4 Å². The molecule has 0 unspecified atom stereocenters. The molecule has 1 aliphatic rings. The van der Waals surface area contributed by atoms with Crippen LogP contribution in [-0.4, -0.2) is 86.0 Å². The van der Waals surface area contributed by atoms with Crippen molar-refractivity contribution < 1.29 is 19.1 Å². The summed E-state index contributed by atoms with van der Waals surface area (Å²) >= 11 is 0. The summed E-state index contributed by atoms with van der Waals surface area (Å²) < 4.78 is 9.96. The van der Waals surface area contributed by atoms with Gasteiger partial charge in [0.25, 0.3) is 5.95 Å². The molecule has 1 aliphatic carbocycles. The maximum atomic E-state index is 12.0. The number of ether oxygens (including phenoxy) is 2. The maximum absolute atomic E-state index is 12.0. The van der Waals surface area contributed by atoms with Gasteiger partial charge in [-0.3, -0.25) is 10.9 Å². The summed E-state index contributed by atoms with van der Waals surface area (Å²) in [5.74, 6) is -2.39. The fourth-order valence-electron chi connectivity index (χ4n) is 3.54. The van der Waals surface area contributed by atoms with Gasteiger partial charge in [0.05, 0.1) is 5.70 Å². The average molecular weight is 631 g/mol. The first-order valence-corrected chi connectivity index (χ1v) is 13.4. The molecule has 0 fully saturated rings. The number of rotatable bonds is 12. The Morgan fingerprint density at radius 2 is 1.62 bits per heavy atom. The first-order chi connectivity index (χ1) is 21.2. The molecule has 2 heterocycles. The Hall–Kier alpha value is -5.80. The second kappa shape index (κ2) is 14.1. The number of carbonyl (C=O) groups is 2. The van der Waals surface area contributed by atoms with Crippen LogP contribution in [0.2, 0.25) is 0 Å². The van der Waals surface area contributed by atoms with Crippen LogP contribution in [0.1, 0.15) is 34.6 Å². The molecule has 0 saturated carbocycles. The zero-order valence-corrected chi connectivity index (χ0v) is 25.7. The summed E-state index contributed by atoms with van der Waals surface area (Å²) in [6.45, 7) is 10.3. The number of guanidine groups is 2. The molecule has 0 bridgehead atoms. The number of H-pyrrole nitrogens is 2. The van der Waals surface area contributed by atoms with E-state index >= 15 is 0 Å². The second-order valence-corrected chi connectivity index (χ2v) is 10.6.